The molecule has 17 heavy (non-hydrogen) atoms. The fourth-order valence-corrected chi connectivity index (χ4v) is 2.30. The summed E-state index contributed by atoms with van der Waals surface area (Å²) in [6, 6.07) is 0.880. The van der Waals surface area contributed by atoms with Crippen molar-refractivity contribution >= 4 is 0 Å². The van der Waals surface area contributed by atoms with Crippen LogP contribution in [0.5, 0.6) is 0 Å². The molecule has 94 valence electrons. The minimum atomic E-state index is 0.272. The Morgan fingerprint density at radius 1 is 1.29 bits per heavy atom. The molecule has 1 aliphatic rings. The van der Waals surface area contributed by atoms with E-state index in [4.69, 9.17) is 0 Å². The molecule has 1 aromatic heterocycles. The van der Waals surface area contributed by atoms with E-state index >= 15 is 0 Å². The molecule has 2 unspecified atom stereocenters. The van der Waals surface area contributed by atoms with Crippen molar-refractivity contribution < 1.29 is 0 Å². The number of hydrogen-bond donors (Lipinski definition) is 1. The van der Waals surface area contributed by atoms with E-state index in [1.165, 1.54) is 25.9 Å². The second-order valence-corrected chi connectivity index (χ2v) is 4.85. The van der Waals surface area contributed by atoms with Gasteiger partial charge in [0, 0.05) is 37.2 Å². The monoisotopic (exact) mass is 234 g/mol. The van der Waals surface area contributed by atoms with Crippen LogP contribution in [0.25, 0.3) is 0 Å². The van der Waals surface area contributed by atoms with Crippen molar-refractivity contribution in [3.63, 3.8) is 0 Å². The maximum Gasteiger partial charge on any atom is 0.0753 e. The smallest absolute Gasteiger partial charge is 0.0753 e. The maximum atomic E-state index is 4.32. The quantitative estimate of drug-likeness (QED) is 0.840. The summed E-state index contributed by atoms with van der Waals surface area (Å²) < 4.78 is 0. The lowest BCUT2D eigenvalue weighted by Crippen LogP contribution is -2.39. The summed E-state index contributed by atoms with van der Waals surface area (Å²) >= 11 is 0. The number of nitrogens with zero attached hydrogens (tertiary/aromatic N) is 3. The van der Waals surface area contributed by atoms with Gasteiger partial charge in [-0.25, -0.2) is 0 Å². The van der Waals surface area contributed by atoms with Crippen molar-refractivity contribution in [3.8, 4) is 0 Å². The van der Waals surface area contributed by atoms with E-state index < -0.39 is 0 Å². The molecular formula is C13H22N4. The zero-order valence-corrected chi connectivity index (χ0v) is 10.8. The molecule has 0 aromatic carbocycles. The number of hydrogen-bond acceptors (Lipinski definition) is 4. The molecule has 0 aliphatic carbocycles. The number of likely N-dealkylation sites (tertiary alicyclic amines) is 1. The van der Waals surface area contributed by atoms with Crippen LogP contribution in [-0.2, 0) is 0 Å². The number of aromatic nitrogens is 2. The molecule has 4 heteroatoms. The standard InChI is InChI=1S/C13H22N4/c1-11(17-7-3-4-8-17)9-16-12(2)13-10-14-5-6-15-13/h5-6,10-12,16H,3-4,7-9H2,1-2H3. The van der Waals surface area contributed by atoms with Crippen LogP contribution in [0.1, 0.15) is 38.4 Å². The second-order valence-electron chi connectivity index (χ2n) is 4.85. The zero-order chi connectivity index (χ0) is 12.1. The molecule has 4 nitrogen and oxygen atoms in total. The molecule has 0 radical (unpaired) electrons. The predicted molar refractivity (Wildman–Crippen MR) is 68.7 cm³/mol. The fourth-order valence-electron chi connectivity index (χ4n) is 2.30. The van der Waals surface area contributed by atoms with Crippen molar-refractivity contribution in [2.45, 2.75) is 38.8 Å². The first-order valence-corrected chi connectivity index (χ1v) is 6.50. The molecule has 1 aromatic rings. The third kappa shape index (κ3) is 3.48. The van der Waals surface area contributed by atoms with Crippen LogP contribution in [-0.4, -0.2) is 40.5 Å². The van der Waals surface area contributed by atoms with E-state index in [0.29, 0.717) is 6.04 Å². The first-order valence-electron chi connectivity index (χ1n) is 6.50. The van der Waals surface area contributed by atoms with Gasteiger partial charge in [-0.2, -0.15) is 0 Å². The number of nitrogens with one attached hydrogen (secondary N) is 1. The van der Waals surface area contributed by atoms with E-state index in [-0.39, 0.29) is 6.04 Å². The van der Waals surface area contributed by atoms with Crippen molar-refractivity contribution in [1.82, 2.24) is 20.2 Å². The number of rotatable bonds is 5. The molecule has 0 saturated carbocycles. The molecule has 0 amide bonds. The molecular weight excluding hydrogens is 212 g/mol. The van der Waals surface area contributed by atoms with Gasteiger partial charge in [0.25, 0.3) is 0 Å². The van der Waals surface area contributed by atoms with Crippen LogP contribution in [0.4, 0.5) is 0 Å². The van der Waals surface area contributed by atoms with Crippen LogP contribution in [0.2, 0.25) is 0 Å². The van der Waals surface area contributed by atoms with E-state index in [1.54, 1.807) is 12.4 Å². The lowest BCUT2D eigenvalue weighted by atomic mass is 10.2. The molecule has 2 rings (SSSR count). The first kappa shape index (κ1) is 12.5. The van der Waals surface area contributed by atoms with Crippen LogP contribution >= 0.6 is 0 Å². The van der Waals surface area contributed by atoms with Crippen LogP contribution < -0.4 is 5.32 Å². The average molecular weight is 234 g/mol. The van der Waals surface area contributed by atoms with Crippen molar-refractivity contribution in [1.29, 1.82) is 0 Å². The summed E-state index contributed by atoms with van der Waals surface area (Å²) in [4.78, 5) is 11.0. The van der Waals surface area contributed by atoms with Crippen LogP contribution in [0, 0.1) is 0 Å². The molecule has 1 saturated heterocycles. The van der Waals surface area contributed by atoms with Gasteiger partial charge in [-0.3, -0.25) is 14.9 Å². The molecule has 1 aliphatic heterocycles. The highest BCUT2D eigenvalue weighted by Crippen LogP contribution is 2.12. The molecule has 2 atom stereocenters. The highest BCUT2D eigenvalue weighted by molar-refractivity contribution is 5.00. The highest BCUT2D eigenvalue weighted by Gasteiger charge is 2.18. The van der Waals surface area contributed by atoms with Gasteiger partial charge in [-0.05, 0) is 39.8 Å². The second kappa shape index (κ2) is 6.07. The Bertz CT molecular complexity index is 321. The minimum Gasteiger partial charge on any atom is -0.307 e. The topological polar surface area (TPSA) is 41.0 Å². The Morgan fingerprint density at radius 3 is 2.71 bits per heavy atom. The van der Waals surface area contributed by atoms with E-state index in [2.05, 4.69) is 34.0 Å². The van der Waals surface area contributed by atoms with Gasteiger partial charge in [-0.15, -0.1) is 0 Å². The largest absolute Gasteiger partial charge is 0.307 e. The first-order chi connectivity index (χ1) is 8.27. The van der Waals surface area contributed by atoms with Gasteiger partial charge in [-0.1, -0.05) is 0 Å². The normalized spacial score (nSPS) is 20.4. The summed E-state index contributed by atoms with van der Waals surface area (Å²) in [7, 11) is 0. The van der Waals surface area contributed by atoms with Gasteiger partial charge in [0.2, 0.25) is 0 Å². The predicted octanol–water partition coefficient (Wildman–Crippen LogP) is 1.61. The SMILES string of the molecule is CC(NCC(C)N1CCCC1)c1cnccn1. The third-order valence-electron chi connectivity index (χ3n) is 3.51. The van der Waals surface area contributed by atoms with Gasteiger partial charge in [0.1, 0.15) is 0 Å². The summed E-state index contributed by atoms with van der Waals surface area (Å²) in [5.41, 5.74) is 1.01. The van der Waals surface area contributed by atoms with E-state index in [9.17, 15) is 0 Å². The maximum absolute atomic E-state index is 4.32. The Labute approximate surface area is 103 Å². The van der Waals surface area contributed by atoms with Crippen molar-refractivity contribution in [2.24, 2.45) is 0 Å². The summed E-state index contributed by atoms with van der Waals surface area (Å²) in [6.07, 6.45) is 7.99. The summed E-state index contributed by atoms with van der Waals surface area (Å²) in [6.45, 7) is 7.95. The van der Waals surface area contributed by atoms with E-state index in [1.807, 2.05) is 6.20 Å². The van der Waals surface area contributed by atoms with E-state index in [0.717, 1.165) is 12.2 Å². The highest BCUT2D eigenvalue weighted by atomic mass is 15.2. The minimum absolute atomic E-state index is 0.272. The molecule has 2 heterocycles. The van der Waals surface area contributed by atoms with Crippen molar-refractivity contribution in [2.75, 3.05) is 19.6 Å². The average Bonchev–Trinajstić information content (AvgIpc) is 2.90. The van der Waals surface area contributed by atoms with Gasteiger partial charge in [0.05, 0.1) is 5.69 Å². The van der Waals surface area contributed by atoms with Gasteiger partial charge >= 0.3 is 0 Å². The summed E-state index contributed by atoms with van der Waals surface area (Å²) in [5, 5.41) is 3.53. The summed E-state index contributed by atoms with van der Waals surface area (Å²) in [5.74, 6) is 0. The van der Waals surface area contributed by atoms with Gasteiger partial charge in [0.15, 0.2) is 0 Å². The zero-order valence-electron chi connectivity index (χ0n) is 10.8. The Hall–Kier alpha value is -1.00. The van der Waals surface area contributed by atoms with Crippen LogP contribution in [0.15, 0.2) is 18.6 Å². The lowest BCUT2D eigenvalue weighted by Gasteiger charge is -2.25. The van der Waals surface area contributed by atoms with Gasteiger partial charge < -0.3 is 5.32 Å². The Morgan fingerprint density at radius 2 is 2.06 bits per heavy atom. The Kier molecular flexibility index (Phi) is 4.45. The van der Waals surface area contributed by atoms with Crippen molar-refractivity contribution in [3.05, 3.63) is 24.3 Å². The molecule has 1 N–H and O–H groups in total. The third-order valence-corrected chi connectivity index (χ3v) is 3.51. The molecule has 0 spiro atoms. The lowest BCUT2D eigenvalue weighted by molar-refractivity contribution is 0.247. The fraction of sp³-hybridized carbons (Fsp3) is 0.692. The van der Waals surface area contributed by atoms with Crippen LogP contribution in [0.3, 0.4) is 0 Å². The Balaban J connectivity index is 1.77. The molecule has 1 fully saturated rings. The molecule has 0 bridgehead atoms.